The summed E-state index contributed by atoms with van der Waals surface area (Å²) in [5.41, 5.74) is 4.31. The molecule has 36 heavy (non-hydrogen) atoms. The van der Waals surface area contributed by atoms with Crippen LogP contribution >= 0.6 is 0 Å². The number of sulfonamides is 1. The molecule has 5 rings (SSSR count). The number of aromatic nitrogens is 2. The van der Waals surface area contributed by atoms with Gasteiger partial charge < -0.3 is 9.73 Å². The van der Waals surface area contributed by atoms with E-state index in [-0.39, 0.29) is 22.3 Å². The molecule has 0 fully saturated rings. The Morgan fingerprint density at radius 2 is 1.97 bits per heavy atom. The van der Waals surface area contributed by atoms with Crippen LogP contribution in [0, 0.1) is 12.9 Å². The molecule has 0 radical (unpaired) electrons. The van der Waals surface area contributed by atoms with Crippen molar-refractivity contribution in [3.63, 3.8) is 0 Å². The summed E-state index contributed by atoms with van der Waals surface area (Å²) in [6, 6.07) is 14.4. The number of hydrogen-bond donors (Lipinski definition) is 2. The highest BCUT2D eigenvalue weighted by atomic mass is 32.2. The van der Waals surface area contributed by atoms with Crippen molar-refractivity contribution in [2.75, 3.05) is 17.8 Å². The van der Waals surface area contributed by atoms with E-state index in [0.717, 1.165) is 36.7 Å². The summed E-state index contributed by atoms with van der Waals surface area (Å²) in [4.78, 5) is 16.5. The average Bonchev–Trinajstić information content (AvgIpc) is 3.18. The molecule has 4 aromatic rings. The number of rotatable bonds is 6. The Bertz CT molecular complexity index is 1660. The van der Waals surface area contributed by atoms with Crippen molar-refractivity contribution in [3.05, 3.63) is 93.9 Å². The van der Waals surface area contributed by atoms with Crippen LogP contribution in [0.25, 0.3) is 16.7 Å². The lowest BCUT2D eigenvalue weighted by atomic mass is 9.92. The van der Waals surface area contributed by atoms with Gasteiger partial charge in [-0.15, -0.1) is 0 Å². The second-order valence-corrected chi connectivity index (χ2v) is 10.4. The Labute approximate surface area is 207 Å². The fraction of sp³-hybridized carbons (Fsp3) is 0.231. The lowest BCUT2D eigenvalue weighted by molar-refractivity contribution is 0.489. The summed E-state index contributed by atoms with van der Waals surface area (Å²) in [6.45, 7) is 5.24. The highest BCUT2D eigenvalue weighted by molar-refractivity contribution is 7.92. The minimum absolute atomic E-state index is 0.0881. The third kappa shape index (κ3) is 4.45. The molecule has 2 aromatic carbocycles. The van der Waals surface area contributed by atoms with E-state index in [4.69, 9.17) is 4.42 Å². The van der Waals surface area contributed by atoms with Gasteiger partial charge in [0.25, 0.3) is 10.0 Å². The van der Waals surface area contributed by atoms with E-state index in [1.54, 1.807) is 17.6 Å². The molecule has 10 heteroatoms. The van der Waals surface area contributed by atoms with Crippen LogP contribution in [0.4, 0.5) is 10.2 Å². The van der Waals surface area contributed by atoms with E-state index in [1.807, 2.05) is 25.1 Å². The third-order valence-electron chi connectivity index (χ3n) is 6.36. The second-order valence-electron chi connectivity index (χ2n) is 8.72. The topological polar surface area (TPSA) is 106 Å². The van der Waals surface area contributed by atoms with E-state index in [9.17, 15) is 17.6 Å². The van der Waals surface area contributed by atoms with Gasteiger partial charge in [0.15, 0.2) is 5.58 Å². The van der Waals surface area contributed by atoms with Crippen molar-refractivity contribution in [3.8, 4) is 0 Å². The van der Waals surface area contributed by atoms with Crippen LogP contribution in [-0.2, 0) is 10.0 Å². The number of anilines is 1. The van der Waals surface area contributed by atoms with Crippen LogP contribution in [-0.4, -0.2) is 31.1 Å². The molecule has 2 N–H and O–H groups in total. The first-order valence-corrected chi connectivity index (χ1v) is 13.0. The average molecular weight is 509 g/mol. The van der Waals surface area contributed by atoms with Gasteiger partial charge in [-0.2, -0.15) is 4.39 Å². The summed E-state index contributed by atoms with van der Waals surface area (Å²) in [7, 11) is -4.11. The molecule has 0 saturated carbocycles. The Hall–Kier alpha value is -3.76. The molecule has 3 heterocycles. The van der Waals surface area contributed by atoms with Gasteiger partial charge in [-0.1, -0.05) is 36.4 Å². The highest BCUT2D eigenvalue weighted by Gasteiger charge is 2.25. The van der Waals surface area contributed by atoms with Crippen molar-refractivity contribution in [1.82, 2.24) is 14.9 Å². The molecule has 186 valence electrons. The minimum Gasteiger partial charge on any atom is -0.408 e. The number of hydrogen-bond acceptors (Lipinski definition) is 6. The first kappa shape index (κ1) is 24.0. The number of aryl methyl sites for hydroxylation is 1. The number of pyridine rings is 1. The molecule has 8 nitrogen and oxygen atoms in total. The summed E-state index contributed by atoms with van der Waals surface area (Å²) >= 11 is 0. The maximum atomic E-state index is 13.4. The highest BCUT2D eigenvalue weighted by Crippen LogP contribution is 2.32. The van der Waals surface area contributed by atoms with Gasteiger partial charge in [-0.25, -0.2) is 18.2 Å². The quantitative estimate of drug-likeness (QED) is 0.378. The van der Waals surface area contributed by atoms with Crippen molar-refractivity contribution in [2.24, 2.45) is 0 Å². The molecular formula is C26H25FN4O4S. The molecule has 1 aliphatic heterocycles. The van der Waals surface area contributed by atoms with Crippen LogP contribution in [0.3, 0.4) is 0 Å². The number of fused-ring (bicyclic) bond motifs is 1. The van der Waals surface area contributed by atoms with Gasteiger partial charge in [-0.05, 0) is 67.3 Å². The van der Waals surface area contributed by atoms with Crippen LogP contribution in [0.5, 0.6) is 0 Å². The smallest absolute Gasteiger partial charge is 0.408 e. The zero-order chi connectivity index (χ0) is 25.4. The Kier molecular flexibility index (Phi) is 6.23. The standard InChI is InChI=1S/C26H25FN4O4S/c1-16-14-21-22(15-23(16)36(33,34)30-25-9-5-8-24(27)29-25)35-26(32)31(21)17(2)19-6-3-4-7-20(19)18-10-12-28-13-11-18/h3-10,14-15,17,28H,11-13H2,1-2H3,(H,29,30). The van der Waals surface area contributed by atoms with Crippen LogP contribution in [0.15, 0.2) is 74.8 Å². The van der Waals surface area contributed by atoms with Gasteiger partial charge in [0.2, 0.25) is 5.95 Å². The summed E-state index contributed by atoms with van der Waals surface area (Å²) in [6.07, 6.45) is 3.05. The number of halogens is 1. The van der Waals surface area contributed by atoms with Gasteiger partial charge in [0, 0.05) is 12.6 Å². The number of benzene rings is 2. The Morgan fingerprint density at radius 3 is 2.72 bits per heavy atom. The van der Waals surface area contributed by atoms with E-state index in [0.29, 0.717) is 11.1 Å². The van der Waals surface area contributed by atoms with Gasteiger partial charge in [-0.3, -0.25) is 9.29 Å². The first-order chi connectivity index (χ1) is 17.2. The molecule has 0 aliphatic carbocycles. The number of nitrogens with zero attached hydrogens (tertiary/aromatic N) is 2. The summed E-state index contributed by atoms with van der Waals surface area (Å²) in [5, 5.41) is 3.31. The monoisotopic (exact) mass is 508 g/mol. The van der Waals surface area contributed by atoms with E-state index < -0.39 is 21.7 Å². The largest absolute Gasteiger partial charge is 0.420 e. The minimum atomic E-state index is -4.11. The molecular weight excluding hydrogens is 483 g/mol. The zero-order valence-electron chi connectivity index (χ0n) is 19.8. The van der Waals surface area contributed by atoms with Crippen molar-refractivity contribution >= 4 is 32.5 Å². The van der Waals surface area contributed by atoms with E-state index in [2.05, 4.69) is 27.2 Å². The van der Waals surface area contributed by atoms with Crippen molar-refractivity contribution in [1.29, 1.82) is 0 Å². The Balaban J connectivity index is 1.57. The number of nitrogens with one attached hydrogen (secondary N) is 2. The predicted octanol–water partition coefficient (Wildman–Crippen LogP) is 4.22. The summed E-state index contributed by atoms with van der Waals surface area (Å²) < 4.78 is 48.8. The molecule has 1 aliphatic rings. The molecule has 2 aromatic heterocycles. The molecule has 1 unspecified atom stereocenters. The Morgan fingerprint density at radius 1 is 1.17 bits per heavy atom. The van der Waals surface area contributed by atoms with Crippen LogP contribution in [0.1, 0.15) is 36.1 Å². The normalized spacial score (nSPS) is 15.0. The van der Waals surface area contributed by atoms with Gasteiger partial charge >= 0.3 is 5.76 Å². The third-order valence-corrected chi connectivity index (χ3v) is 7.86. The maximum Gasteiger partial charge on any atom is 0.420 e. The first-order valence-electron chi connectivity index (χ1n) is 11.5. The molecule has 0 spiro atoms. The molecule has 1 atom stereocenters. The predicted molar refractivity (Wildman–Crippen MR) is 136 cm³/mol. The molecule has 0 amide bonds. The molecule has 0 bridgehead atoms. The maximum absolute atomic E-state index is 13.4. The molecule has 0 saturated heterocycles. The lowest BCUT2D eigenvalue weighted by Gasteiger charge is -2.21. The lowest BCUT2D eigenvalue weighted by Crippen LogP contribution is -2.22. The van der Waals surface area contributed by atoms with E-state index >= 15 is 0 Å². The van der Waals surface area contributed by atoms with Crippen LogP contribution in [0.2, 0.25) is 0 Å². The van der Waals surface area contributed by atoms with Gasteiger partial charge in [0.05, 0.1) is 16.5 Å². The van der Waals surface area contributed by atoms with Gasteiger partial charge in [0.1, 0.15) is 5.82 Å². The van der Waals surface area contributed by atoms with E-state index in [1.165, 1.54) is 23.8 Å². The van der Waals surface area contributed by atoms with Crippen molar-refractivity contribution < 1.29 is 17.2 Å². The zero-order valence-corrected chi connectivity index (χ0v) is 20.6. The second kappa shape index (κ2) is 9.36. The van der Waals surface area contributed by atoms with Crippen molar-refractivity contribution in [2.45, 2.75) is 31.2 Å². The van der Waals surface area contributed by atoms with Crippen LogP contribution < -0.4 is 15.8 Å². The summed E-state index contributed by atoms with van der Waals surface area (Å²) in [5.74, 6) is -1.54. The SMILES string of the molecule is Cc1cc2c(cc1S(=O)(=O)Nc1cccc(F)n1)oc(=O)n2C(C)c1ccccc1C1=CCNCC1. The number of oxazole rings is 1. The fourth-order valence-corrected chi connectivity index (χ4v) is 5.88. The fourth-order valence-electron chi connectivity index (χ4n) is 4.64.